The van der Waals surface area contributed by atoms with E-state index in [0.29, 0.717) is 24.5 Å². The summed E-state index contributed by atoms with van der Waals surface area (Å²) < 4.78 is 0. The fourth-order valence-corrected chi connectivity index (χ4v) is 3.34. The standard InChI is InChI=1S/C14H15N3O2/c15-7-10-3-1-6-16-12(10)17-8-11(13(18)19)14(9-17)4-2-5-14/h1,3,6,11H,2,4-5,8-9H2,(H,18,19)/t11-/m1/s1. The molecule has 2 fully saturated rings. The van der Waals surface area contributed by atoms with Crippen molar-refractivity contribution >= 4 is 11.8 Å². The van der Waals surface area contributed by atoms with Crippen LogP contribution in [0.3, 0.4) is 0 Å². The number of hydrogen-bond donors (Lipinski definition) is 1. The molecule has 98 valence electrons. The summed E-state index contributed by atoms with van der Waals surface area (Å²) in [6.45, 7) is 1.16. The zero-order chi connectivity index (χ0) is 13.5. The third-order valence-corrected chi connectivity index (χ3v) is 4.50. The van der Waals surface area contributed by atoms with E-state index in [0.717, 1.165) is 19.3 Å². The van der Waals surface area contributed by atoms with Gasteiger partial charge in [0.25, 0.3) is 0 Å². The smallest absolute Gasteiger partial charge is 0.308 e. The predicted molar refractivity (Wildman–Crippen MR) is 68.6 cm³/mol. The van der Waals surface area contributed by atoms with Gasteiger partial charge in [-0.05, 0) is 25.0 Å². The molecule has 5 nitrogen and oxygen atoms in total. The highest BCUT2D eigenvalue weighted by Gasteiger charge is 2.54. The number of carbonyl (C=O) groups is 1. The lowest BCUT2D eigenvalue weighted by molar-refractivity contribution is -0.146. The summed E-state index contributed by atoms with van der Waals surface area (Å²) in [4.78, 5) is 17.7. The van der Waals surface area contributed by atoms with E-state index in [1.165, 1.54) is 0 Å². The summed E-state index contributed by atoms with van der Waals surface area (Å²) >= 11 is 0. The van der Waals surface area contributed by atoms with E-state index in [4.69, 9.17) is 5.26 Å². The molecule has 5 heteroatoms. The normalized spacial score (nSPS) is 23.9. The second-order valence-corrected chi connectivity index (χ2v) is 5.47. The number of aromatic nitrogens is 1. The van der Waals surface area contributed by atoms with Crippen LogP contribution in [0.2, 0.25) is 0 Å². The summed E-state index contributed by atoms with van der Waals surface area (Å²) in [6.07, 6.45) is 4.69. The highest BCUT2D eigenvalue weighted by molar-refractivity contribution is 5.74. The molecule has 0 unspecified atom stereocenters. The summed E-state index contributed by atoms with van der Waals surface area (Å²) in [7, 11) is 0. The quantitative estimate of drug-likeness (QED) is 0.871. The second-order valence-electron chi connectivity index (χ2n) is 5.47. The van der Waals surface area contributed by atoms with Gasteiger partial charge in [0.2, 0.25) is 0 Å². The lowest BCUT2D eigenvalue weighted by Gasteiger charge is -2.41. The molecule has 0 radical (unpaired) electrons. The van der Waals surface area contributed by atoms with E-state index >= 15 is 0 Å². The molecule has 1 saturated carbocycles. The number of hydrogen-bond acceptors (Lipinski definition) is 4. The molecule has 1 N–H and O–H groups in total. The number of carboxylic acids is 1. The molecule has 0 aromatic carbocycles. The highest BCUT2D eigenvalue weighted by Crippen LogP contribution is 2.52. The lowest BCUT2D eigenvalue weighted by atomic mass is 9.63. The van der Waals surface area contributed by atoms with Crippen molar-refractivity contribution in [1.29, 1.82) is 5.26 Å². The molecule has 1 saturated heterocycles. The Morgan fingerprint density at radius 3 is 2.89 bits per heavy atom. The van der Waals surface area contributed by atoms with Crippen molar-refractivity contribution in [2.24, 2.45) is 11.3 Å². The first-order valence-corrected chi connectivity index (χ1v) is 6.49. The van der Waals surface area contributed by atoms with Gasteiger partial charge in [-0.2, -0.15) is 5.26 Å². The van der Waals surface area contributed by atoms with E-state index in [2.05, 4.69) is 11.1 Å². The average molecular weight is 257 g/mol. The minimum Gasteiger partial charge on any atom is -0.481 e. The second kappa shape index (κ2) is 4.23. The molecule has 3 rings (SSSR count). The van der Waals surface area contributed by atoms with Crippen LogP contribution in [0.5, 0.6) is 0 Å². The van der Waals surface area contributed by atoms with Crippen molar-refractivity contribution in [3.63, 3.8) is 0 Å². The first kappa shape index (κ1) is 12.0. The molecule has 1 aliphatic carbocycles. The number of nitrogens with zero attached hydrogens (tertiary/aromatic N) is 3. The van der Waals surface area contributed by atoms with Gasteiger partial charge in [0.15, 0.2) is 0 Å². The summed E-state index contributed by atoms with van der Waals surface area (Å²) in [5.74, 6) is -0.438. The van der Waals surface area contributed by atoms with Gasteiger partial charge in [-0.15, -0.1) is 0 Å². The molecule has 19 heavy (non-hydrogen) atoms. The van der Waals surface area contributed by atoms with Crippen molar-refractivity contribution in [3.8, 4) is 6.07 Å². The molecule has 1 aliphatic heterocycles. The van der Waals surface area contributed by atoms with Gasteiger partial charge >= 0.3 is 5.97 Å². The number of rotatable bonds is 2. The fourth-order valence-electron chi connectivity index (χ4n) is 3.34. The van der Waals surface area contributed by atoms with Crippen LogP contribution in [0.25, 0.3) is 0 Å². The van der Waals surface area contributed by atoms with Gasteiger partial charge < -0.3 is 10.0 Å². The Hall–Kier alpha value is -2.09. The Labute approximate surface area is 111 Å². The van der Waals surface area contributed by atoms with Crippen LogP contribution < -0.4 is 4.90 Å². The largest absolute Gasteiger partial charge is 0.481 e. The molecule has 1 aromatic heterocycles. The molecule has 1 spiro atoms. The lowest BCUT2D eigenvalue weighted by Crippen LogP contribution is -2.40. The maximum absolute atomic E-state index is 11.4. The zero-order valence-corrected chi connectivity index (χ0v) is 10.5. The summed E-state index contributed by atoms with van der Waals surface area (Å²) in [5.41, 5.74) is 0.416. The highest BCUT2D eigenvalue weighted by atomic mass is 16.4. The van der Waals surface area contributed by atoms with Crippen LogP contribution in [-0.2, 0) is 4.79 Å². The molecule has 2 aliphatic rings. The Kier molecular flexibility index (Phi) is 2.67. The van der Waals surface area contributed by atoms with E-state index < -0.39 is 5.97 Å². The third-order valence-electron chi connectivity index (χ3n) is 4.50. The van der Waals surface area contributed by atoms with Crippen LogP contribution in [0.4, 0.5) is 5.82 Å². The van der Waals surface area contributed by atoms with Gasteiger partial charge in [-0.3, -0.25) is 4.79 Å². The molecule has 1 aromatic rings. The van der Waals surface area contributed by atoms with Crippen LogP contribution in [-0.4, -0.2) is 29.1 Å². The fraction of sp³-hybridized carbons (Fsp3) is 0.500. The number of nitriles is 1. The number of pyridine rings is 1. The first-order valence-electron chi connectivity index (χ1n) is 6.49. The SMILES string of the molecule is N#Cc1cccnc1N1C[C@H](C(=O)O)C2(CCC2)C1. The van der Waals surface area contributed by atoms with Crippen molar-refractivity contribution in [2.45, 2.75) is 19.3 Å². The van der Waals surface area contributed by atoms with Crippen molar-refractivity contribution in [3.05, 3.63) is 23.9 Å². The molecule has 0 amide bonds. The summed E-state index contributed by atoms with van der Waals surface area (Å²) in [5, 5.41) is 18.5. The molecule has 1 atom stereocenters. The third kappa shape index (κ3) is 1.75. The zero-order valence-electron chi connectivity index (χ0n) is 10.5. The number of anilines is 1. The van der Waals surface area contributed by atoms with Crippen molar-refractivity contribution in [2.75, 3.05) is 18.0 Å². The Morgan fingerprint density at radius 2 is 2.37 bits per heavy atom. The number of aliphatic carboxylic acids is 1. The minimum absolute atomic E-state index is 0.101. The maximum Gasteiger partial charge on any atom is 0.308 e. The first-order chi connectivity index (χ1) is 9.16. The van der Waals surface area contributed by atoms with Crippen LogP contribution in [0.1, 0.15) is 24.8 Å². The Balaban J connectivity index is 1.92. The average Bonchev–Trinajstić information content (AvgIpc) is 2.79. The van der Waals surface area contributed by atoms with Gasteiger partial charge in [-0.25, -0.2) is 4.98 Å². The monoisotopic (exact) mass is 257 g/mol. The van der Waals surface area contributed by atoms with Crippen LogP contribution in [0.15, 0.2) is 18.3 Å². The molecule has 2 heterocycles. The maximum atomic E-state index is 11.4. The molecular weight excluding hydrogens is 242 g/mol. The van der Waals surface area contributed by atoms with Gasteiger partial charge in [0.05, 0.1) is 11.5 Å². The van der Waals surface area contributed by atoms with Gasteiger partial charge in [0, 0.05) is 24.7 Å². The van der Waals surface area contributed by atoms with Crippen LogP contribution >= 0.6 is 0 Å². The number of carboxylic acid groups (broad SMARTS) is 1. The van der Waals surface area contributed by atoms with E-state index in [-0.39, 0.29) is 11.3 Å². The van der Waals surface area contributed by atoms with E-state index in [9.17, 15) is 9.90 Å². The molecular formula is C14H15N3O2. The topological polar surface area (TPSA) is 77.2 Å². The van der Waals surface area contributed by atoms with Crippen LogP contribution in [0, 0.1) is 22.7 Å². The van der Waals surface area contributed by atoms with Crippen molar-refractivity contribution < 1.29 is 9.90 Å². The van der Waals surface area contributed by atoms with E-state index in [1.54, 1.807) is 18.3 Å². The van der Waals surface area contributed by atoms with E-state index in [1.807, 2.05) is 4.90 Å². The summed E-state index contributed by atoms with van der Waals surface area (Å²) in [6, 6.07) is 5.58. The Morgan fingerprint density at radius 1 is 1.58 bits per heavy atom. The molecule has 0 bridgehead atoms. The predicted octanol–water partition coefficient (Wildman–Crippen LogP) is 1.64. The minimum atomic E-state index is -0.725. The van der Waals surface area contributed by atoms with Gasteiger partial charge in [0.1, 0.15) is 11.9 Å². The van der Waals surface area contributed by atoms with Gasteiger partial charge in [-0.1, -0.05) is 6.42 Å². The van der Waals surface area contributed by atoms with Crippen molar-refractivity contribution in [1.82, 2.24) is 4.98 Å². The Bertz CT molecular complexity index is 560.